The third-order valence-corrected chi connectivity index (χ3v) is 5.24. The number of carbonyl (C=O) groups is 3. The molecule has 2 N–H and O–H groups in total. The first kappa shape index (κ1) is 18.9. The van der Waals surface area contributed by atoms with Crippen molar-refractivity contribution in [3.63, 3.8) is 0 Å². The van der Waals surface area contributed by atoms with Crippen molar-refractivity contribution in [2.45, 2.75) is 29.1 Å². The number of hydrogen-bond donors (Lipinski definition) is 2. The van der Waals surface area contributed by atoms with Gasteiger partial charge in [0.05, 0.1) is 17.8 Å². The predicted octanol–water partition coefficient (Wildman–Crippen LogP) is 3.29. The Morgan fingerprint density at radius 1 is 0.926 bits per heavy atom. The first-order chi connectivity index (χ1) is 13.0. The monoisotopic (exact) mass is 386 g/mol. The summed E-state index contributed by atoms with van der Waals surface area (Å²) < 4.78 is 0. The summed E-state index contributed by atoms with van der Waals surface area (Å²) in [4.78, 5) is 35.8. The van der Waals surface area contributed by atoms with E-state index < -0.39 is 17.8 Å². The van der Waals surface area contributed by atoms with Gasteiger partial charge in [-0.3, -0.25) is 19.6 Å². The maximum atomic E-state index is 10.8. The molecule has 7 nitrogen and oxygen atoms in total. The van der Waals surface area contributed by atoms with Crippen molar-refractivity contribution in [3.05, 3.63) is 48.5 Å². The van der Waals surface area contributed by atoms with Crippen molar-refractivity contribution in [1.29, 1.82) is 0 Å². The lowest BCUT2D eigenvalue weighted by Gasteiger charge is -2.32. The molecular weight excluding hydrogens is 368 g/mol. The van der Waals surface area contributed by atoms with E-state index in [1.165, 1.54) is 9.79 Å². The van der Waals surface area contributed by atoms with E-state index in [0.717, 1.165) is 11.4 Å². The molecule has 0 bridgehead atoms. The molecule has 2 aliphatic heterocycles. The fourth-order valence-electron chi connectivity index (χ4n) is 2.79. The van der Waals surface area contributed by atoms with Crippen LogP contribution in [0.3, 0.4) is 0 Å². The van der Waals surface area contributed by atoms with Crippen LogP contribution >= 0.6 is 11.8 Å². The Kier molecular flexibility index (Phi) is 5.78. The number of amides is 2. The first-order valence-corrected chi connectivity index (χ1v) is 9.19. The van der Waals surface area contributed by atoms with Crippen LogP contribution in [-0.4, -0.2) is 39.7 Å². The summed E-state index contributed by atoms with van der Waals surface area (Å²) >= 11 is 1.73. The molecular formula is C19H18N2O5S. The number of anilines is 2. The largest absolute Gasteiger partial charge is 0.481 e. The number of carbonyl (C=O) groups excluding carboxylic acids is 2. The molecule has 2 aromatic carbocycles. The highest BCUT2D eigenvalue weighted by Crippen LogP contribution is 2.47. The van der Waals surface area contributed by atoms with Crippen LogP contribution in [0.5, 0.6) is 0 Å². The van der Waals surface area contributed by atoms with E-state index in [1.807, 2.05) is 36.4 Å². The second-order valence-corrected chi connectivity index (χ2v) is 7.02. The Hall–Kier alpha value is -2.84. The number of aliphatic carboxylic acids is 1. The molecule has 0 atom stereocenters. The van der Waals surface area contributed by atoms with Crippen LogP contribution < -0.4 is 4.90 Å². The molecule has 1 saturated heterocycles. The second-order valence-electron chi connectivity index (χ2n) is 5.93. The molecule has 0 aromatic heterocycles. The van der Waals surface area contributed by atoms with Crippen LogP contribution in [0.25, 0.3) is 0 Å². The molecule has 4 rings (SSSR count). The van der Waals surface area contributed by atoms with E-state index in [0.29, 0.717) is 6.54 Å². The van der Waals surface area contributed by atoms with E-state index in [1.54, 1.807) is 11.8 Å². The third kappa shape index (κ3) is 4.29. The Morgan fingerprint density at radius 2 is 1.41 bits per heavy atom. The number of nitrogens with zero attached hydrogens (tertiary/aromatic N) is 2. The van der Waals surface area contributed by atoms with Crippen LogP contribution in [0.4, 0.5) is 11.4 Å². The smallest absolute Gasteiger partial charge is 0.305 e. The van der Waals surface area contributed by atoms with Gasteiger partial charge >= 0.3 is 5.97 Å². The number of rotatable bonds is 3. The van der Waals surface area contributed by atoms with Crippen molar-refractivity contribution in [3.8, 4) is 0 Å². The molecule has 2 aliphatic rings. The number of imide groups is 1. The van der Waals surface area contributed by atoms with Gasteiger partial charge in [-0.15, -0.1) is 0 Å². The lowest BCUT2D eigenvalue weighted by molar-refractivity contribution is -0.171. The lowest BCUT2D eigenvalue weighted by Crippen LogP contribution is -2.24. The van der Waals surface area contributed by atoms with Gasteiger partial charge in [0.2, 0.25) is 0 Å². The van der Waals surface area contributed by atoms with Gasteiger partial charge in [0.1, 0.15) is 0 Å². The molecule has 0 aliphatic carbocycles. The number of hydroxylamine groups is 2. The summed E-state index contributed by atoms with van der Waals surface area (Å²) in [5.74, 6) is -1.78. The number of benzene rings is 2. The van der Waals surface area contributed by atoms with Gasteiger partial charge in [-0.1, -0.05) is 36.0 Å². The summed E-state index contributed by atoms with van der Waals surface area (Å²) in [6, 6.07) is 16.2. The number of hydrogen-bond acceptors (Lipinski definition) is 6. The molecule has 0 spiro atoms. The molecule has 2 aromatic rings. The topological polar surface area (TPSA) is 98.2 Å². The highest BCUT2D eigenvalue weighted by atomic mass is 32.2. The number of carboxylic acid groups (broad SMARTS) is 1. The summed E-state index contributed by atoms with van der Waals surface area (Å²) in [7, 11) is 0. The SMILES string of the molecule is O=C(O)CCN1c2ccccc2Sc2ccccc21.O=C1CCC(=O)N1O. The molecule has 2 heterocycles. The standard InChI is InChI=1S/C15H13NO2S.C4H5NO3/c17-15(18)9-10-16-11-5-1-3-7-13(11)19-14-8-4-2-6-12(14)16;6-3-1-2-4(7)5(3)8/h1-8H,9-10H2,(H,17,18);8H,1-2H2. The molecule has 0 radical (unpaired) electrons. The fraction of sp³-hybridized carbons (Fsp3) is 0.211. The Labute approximate surface area is 160 Å². The zero-order chi connectivity index (χ0) is 19.4. The van der Waals surface area contributed by atoms with Gasteiger partial charge < -0.3 is 10.0 Å². The van der Waals surface area contributed by atoms with Crippen molar-refractivity contribution in [1.82, 2.24) is 5.06 Å². The number of carboxylic acids is 1. The van der Waals surface area contributed by atoms with Crippen molar-refractivity contribution in [2.75, 3.05) is 11.4 Å². The summed E-state index contributed by atoms with van der Waals surface area (Å²) in [6.45, 7) is 0.490. The minimum atomic E-state index is -0.770. The average molecular weight is 386 g/mol. The molecule has 27 heavy (non-hydrogen) atoms. The maximum absolute atomic E-state index is 10.8. The van der Waals surface area contributed by atoms with Crippen LogP contribution in [0.1, 0.15) is 19.3 Å². The second kappa shape index (κ2) is 8.24. The van der Waals surface area contributed by atoms with Gasteiger partial charge in [0, 0.05) is 29.2 Å². The van der Waals surface area contributed by atoms with Crippen molar-refractivity contribution >= 4 is 40.9 Å². The van der Waals surface area contributed by atoms with Crippen LogP contribution in [0.2, 0.25) is 0 Å². The quantitative estimate of drug-likeness (QED) is 0.617. The highest BCUT2D eigenvalue weighted by molar-refractivity contribution is 7.99. The number of fused-ring (bicyclic) bond motifs is 2. The Balaban J connectivity index is 0.000000221. The summed E-state index contributed by atoms with van der Waals surface area (Å²) in [6.07, 6.45) is 0.429. The number of para-hydroxylation sites is 2. The average Bonchev–Trinajstić information content (AvgIpc) is 2.96. The van der Waals surface area contributed by atoms with Crippen LogP contribution in [-0.2, 0) is 14.4 Å². The highest BCUT2D eigenvalue weighted by Gasteiger charge is 2.27. The van der Waals surface area contributed by atoms with Crippen molar-refractivity contribution in [2.24, 2.45) is 0 Å². The lowest BCUT2D eigenvalue weighted by atomic mass is 10.2. The molecule has 0 saturated carbocycles. The zero-order valence-corrected chi connectivity index (χ0v) is 15.2. The fourth-order valence-corrected chi connectivity index (χ4v) is 3.89. The summed E-state index contributed by atoms with van der Waals surface area (Å²) in [5, 5.41) is 17.5. The zero-order valence-electron chi connectivity index (χ0n) is 14.4. The predicted molar refractivity (Wildman–Crippen MR) is 99.1 cm³/mol. The van der Waals surface area contributed by atoms with Crippen LogP contribution in [0.15, 0.2) is 58.3 Å². The summed E-state index contributed by atoms with van der Waals surface area (Å²) in [5.41, 5.74) is 2.18. The van der Waals surface area contributed by atoms with Gasteiger partial charge in [0.15, 0.2) is 0 Å². The van der Waals surface area contributed by atoms with E-state index >= 15 is 0 Å². The minimum Gasteiger partial charge on any atom is -0.481 e. The maximum Gasteiger partial charge on any atom is 0.305 e. The van der Waals surface area contributed by atoms with E-state index in [9.17, 15) is 14.4 Å². The van der Waals surface area contributed by atoms with Gasteiger partial charge in [-0.2, -0.15) is 5.06 Å². The van der Waals surface area contributed by atoms with Gasteiger partial charge in [0.25, 0.3) is 11.8 Å². The molecule has 2 amide bonds. The first-order valence-electron chi connectivity index (χ1n) is 8.37. The minimum absolute atomic E-state index is 0.132. The van der Waals surface area contributed by atoms with Crippen molar-refractivity contribution < 1.29 is 24.7 Å². The van der Waals surface area contributed by atoms with Crippen LogP contribution in [0, 0.1) is 0 Å². The molecule has 140 valence electrons. The Morgan fingerprint density at radius 3 is 1.81 bits per heavy atom. The molecule has 8 heteroatoms. The normalized spacial score (nSPS) is 15.0. The van der Waals surface area contributed by atoms with E-state index in [-0.39, 0.29) is 24.3 Å². The van der Waals surface area contributed by atoms with E-state index in [2.05, 4.69) is 17.0 Å². The van der Waals surface area contributed by atoms with E-state index in [4.69, 9.17) is 10.3 Å². The molecule has 0 unspecified atom stereocenters. The third-order valence-electron chi connectivity index (χ3n) is 4.11. The Bertz CT molecular complexity index is 824. The van der Waals surface area contributed by atoms with Gasteiger partial charge in [-0.25, -0.2) is 0 Å². The molecule has 1 fully saturated rings. The van der Waals surface area contributed by atoms with Gasteiger partial charge in [-0.05, 0) is 24.3 Å².